The van der Waals surface area contributed by atoms with Gasteiger partial charge in [-0.05, 0) is 65.3 Å². The summed E-state index contributed by atoms with van der Waals surface area (Å²) >= 11 is 0. The molecule has 3 aromatic rings. The van der Waals surface area contributed by atoms with Crippen LogP contribution in [0.1, 0.15) is 54.1 Å². The fraction of sp³-hybridized carbons (Fsp3) is 0.318. The van der Waals surface area contributed by atoms with Crippen molar-refractivity contribution < 1.29 is 9.21 Å². The Kier molecular flexibility index (Phi) is 5.13. The predicted molar refractivity (Wildman–Crippen MR) is 106 cm³/mol. The number of aryl methyl sites for hydroxylation is 1. The van der Waals surface area contributed by atoms with Gasteiger partial charge in [-0.3, -0.25) is 4.79 Å². The number of carbonyl (C=O) groups is 1. The molecule has 0 aliphatic rings. The Labute approximate surface area is 159 Å². The minimum absolute atomic E-state index is 0.373. The average molecular weight is 363 g/mol. The first kappa shape index (κ1) is 18.8. The van der Waals surface area contributed by atoms with Gasteiger partial charge in [0.25, 0.3) is 0 Å². The smallest absolute Gasteiger partial charge is 0.248 e. The van der Waals surface area contributed by atoms with E-state index < -0.39 is 5.91 Å². The van der Waals surface area contributed by atoms with E-state index in [0.717, 1.165) is 16.7 Å². The highest BCUT2D eigenvalue weighted by Gasteiger charge is 2.19. The van der Waals surface area contributed by atoms with E-state index in [0.29, 0.717) is 29.2 Å². The van der Waals surface area contributed by atoms with E-state index in [1.165, 1.54) is 11.1 Å². The number of benzene rings is 2. The molecule has 2 aromatic carbocycles. The monoisotopic (exact) mass is 363 g/mol. The molecule has 0 saturated heterocycles. The van der Waals surface area contributed by atoms with Crippen molar-refractivity contribution >= 4 is 5.91 Å². The number of hydrogen-bond donors (Lipinski definition) is 1. The molecular formula is C22H25N3O2. The van der Waals surface area contributed by atoms with Crippen molar-refractivity contribution in [2.45, 2.75) is 40.5 Å². The standard InChI is InChI=1S/C22H25N3O2/c1-12(2)13(3)19-10-18(22-25-24-15(5)27-22)11-20(14(19)4)16-6-8-17(9-7-16)21(23)26/h6-13H,1-5H3,(H2,23,26). The highest BCUT2D eigenvalue weighted by atomic mass is 16.4. The summed E-state index contributed by atoms with van der Waals surface area (Å²) in [5.41, 5.74) is 11.3. The van der Waals surface area contributed by atoms with Crippen LogP contribution in [0.25, 0.3) is 22.6 Å². The van der Waals surface area contributed by atoms with E-state index in [9.17, 15) is 4.79 Å². The summed E-state index contributed by atoms with van der Waals surface area (Å²) in [6.45, 7) is 10.6. The molecule has 1 unspecified atom stereocenters. The van der Waals surface area contributed by atoms with Crippen molar-refractivity contribution in [3.8, 4) is 22.6 Å². The van der Waals surface area contributed by atoms with Gasteiger partial charge in [0.2, 0.25) is 17.7 Å². The van der Waals surface area contributed by atoms with Crippen molar-refractivity contribution in [2.24, 2.45) is 11.7 Å². The lowest BCUT2D eigenvalue weighted by Gasteiger charge is -2.22. The zero-order chi connectivity index (χ0) is 19.7. The van der Waals surface area contributed by atoms with E-state index in [1.807, 2.05) is 12.1 Å². The molecule has 2 N–H and O–H groups in total. The topological polar surface area (TPSA) is 82.0 Å². The van der Waals surface area contributed by atoms with Gasteiger partial charge < -0.3 is 10.2 Å². The van der Waals surface area contributed by atoms with Gasteiger partial charge >= 0.3 is 0 Å². The molecule has 140 valence electrons. The van der Waals surface area contributed by atoms with E-state index in [-0.39, 0.29) is 0 Å². The average Bonchev–Trinajstić information content (AvgIpc) is 3.07. The van der Waals surface area contributed by atoms with Crippen LogP contribution in [0.5, 0.6) is 0 Å². The summed E-state index contributed by atoms with van der Waals surface area (Å²) in [6.07, 6.45) is 0. The molecule has 0 aliphatic heterocycles. The van der Waals surface area contributed by atoms with Gasteiger partial charge in [0.15, 0.2) is 0 Å². The Balaban J connectivity index is 2.19. The summed E-state index contributed by atoms with van der Waals surface area (Å²) in [5, 5.41) is 8.15. The second kappa shape index (κ2) is 7.35. The molecule has 27 heavy (non-hydrogen) atoms. The number of hydrogen-bond acceptors (Lipinski definition) is 4. The maximum atomic E-state index is 11.4. The first-order valence-electron chi connectivity index (χ1n) is 9.13. The van der Waals surface area contributed by atoms with Gasteiger partial charge in [0, 0.05) is 18.1 Å². The largest absolute Gasteiger partial charge is 0.421 e. The molecule has 1 aromatic heterocycles. The summed E-state index contributed by atoms with van der Waals surface area (Å²) in [4.78, 5) is 11.4. The van der Waals surface area contributed by atoms with Gasteiger partial charge in [-0.1, -0.05) is 32.9 Å². The van der Waals surface area contributed by atoms with Gasteiger partial charge in [-0.25, -0.2) is 0 Å². The van der Waals surface area contributed by atoms with Crippen LogP contribution in [0.2, 0.25) is 0 Å². The predicted octanol–water partition coefficient (Wildman–Crippen LogP) is 4.88. The number of rotatable bonds is 5. The molecule has 0 fully saturated rings. The van der Waals surface area contributed by atoms with E-state index in [2.05, 4.69) is 50.0 Å². The lowest BCUT2D eigenvalue weighted by Crippen LogP contribution is -2.10. The maximum absolute atomic E-state index is 11.4. The number of primary amides is 1. The third kappa shape index (κ3) is 3.77. The highest BCUT2D eigenvalue weighted by molar-refractivity contribution is 5.93. The molecule has 1 heterocycles. The van der Waals surface area contributed by atoms with Crippen LogP contribution in [0.3, 0.4) is 0 Å². The molecule has 0 bridgehead atoms. The van der Waals surface area contributed by atoms with Gasteiger partial charge in [-0.2, -0.15) is 0 Å². The van der Waals surface area contributed by atoms with Crippen LogP contribution in [0.4, 0.5) is 0 Å². The lowest BCUT2D eigenvalue weighted by atomic mass is 9.83. The second-order valence-electron chi connectivity index (χ2n) is 7.34. The van der Waals surface area contributed by atoms with E-state index >= 15 is 0 Å². The van der Waals surface area contributed by atoms with Crippen molar-refractivity contribution in [2.75, 3.05) is 0 Å². The van der Waals surface area contributed by atoms with E-state index in [4.69, 9.17) is 10.2 Å². The van der Waals surface area contributed by atoms with E-state index in [1.54, 1.807) is 19.1 Å². The molecule has 3 rings (SSSR count). The third-order valence-corrected chi connectivity index (χ3v) is 5.19. The second-order valence-corrected chi connectivity index (χ2v) is 7.34. The molecular weight excluding hydrogens is 338 g/mol. The Hall–Kier alpha value is -2.95. The summed E-state index contributed by atoms with van der Waals surface area (Å²) in [5.74, 6) is 1.49. The van der Waals surface area contributed by atoms with Gasteiger partial charge in [-0.15, -0.1) is 10.2 Å². The fourth-order valence-corrected chi connectivity index (χ4v) is 3.22. The number of amides is 1. The number of nitrogens with two attached hydrogens (primary N) is 1. The normalized spacial score (nSPS) is 12.4. The fourth-order valence-electron chi connectivity index (χ4n) is 3.22. The first-order chi connectivity index (χ1) is 12.8. The molecule has 0 aliphatic carbocycles. The van der Waals surface area contributed by atoms with Gasteiger partial charge in [0.05, 0.1) is 0 Å². The Morgan fingerprint density at radius 2 is 1.67 bits per heavy atom. The molecule has 0 radical (unpaired) electrons. The van der Waals surface area contributed by atoms with Crippen LogP contribution in [0.15, 0.2) is 40.8 Å². The Morgan fingerprint density at radius 3 is 2.19 bits per heavy atom. The SMILES string of the molecule is Cc1nnc(-c2cc(-c3ccc(C(N)=O)cc3)c(C)c(C(C)C(C)C)c2)o1. The van der Waals surface area contributed by atoms with Crippen LogP contribution >= 0.6 is 0 Å². The number of aromatic nitrogens is 2. The quantitative estimate of drug-likeness (QED) is 0.700. The summed E-state index contributed by atoms with van der Waals surface area (Å²) in [7, 11) is 0. The van der Waals surface area contributed by atoms with Crippen LogP contribution in [0, 0.1) is 19.8 Å². The Bertz CT molecular complexity index is 972. The summed E-state index contributed by atoms with van der Waals surface area (Å²) in [6, 6.07) is 11.6. The zero-order valence-corrected chi connectivity index (χ0v) is 16.4. The Morgan fingerprint density at radius 1 is 1.00 bits per heavy atom. The van der Waals surface area contributed by atoms with Crippen LogP contribution in [-0.2, 0) is 0 Å². The molecule has 5 nitrogen and oxygen atoms in total. The molecule has 0 saturated carbocycles. The molecule has 1 amide bonds. The number of carbonyl (C=O) groups excluding carboxylic acids is 1. The molecule has 5 heteroatoms. The number of nitrogens with zero attached hydrogens (tertiary/aromatic N) is 2. The lowest BCUT2D eigenvalue weighted by molar-refractivity contribution is 0.100. The van der Waals surface area contributed by atoms with Crippen LogP contribution in [-0.4, -0.2) is 16.1 Å². The zero-order valence-electron chi connectivity index (χ0n) is 16.4. The van der Waals surface area contributed by atoms with Gasteiger partial charge in [0.1, 0.15) is 0 Å². The van der Waals surface area contributed by atoms with Crippen molar-refractivity contribution in [1.82, 2.24) is 10.2 Å². The minimum Gasteiger partial charge on any atom is -0.421 e. The highest BCUT2D eigenvalue weighted by Crippen LogP contribution is 2.37. The minimum atomic E-state index is -0.428. The molecule has 0 spiro atoms. The van der Waals surface area contributed by atoms with Crippen LogP contribution < -0.4 is 5.73 Å². The van der Waals surface area contributed by atoms with Crippen molar-refractivity contribution in [3.05, 3.63) is 59.0 Å². The summed E-state index contributed by atoms with van der Waals surface area (Å²) < 4.78 is 5.66. The third-order valence-electron chi connectivity index (χ3n) is 5.19. The molecule has 1 atom stereocenters. The van der Waals surface area contributed by atoms with Crippen molar-refractivity contribution in [1.29, 1.82) is 0 Å². The first-order valence-corrected chi connectivity index (χ1v) is 9.13. The maximum Gasteiger partial charge on any atom is 0.248 e. The van der Waals surface area contributed by atoms with Crippen molar-refractivity contribution in [3.63, 3.8) is 0 Å².